The normalized spacial score (nSPS) is 10.7. The van der Waals surface area contributed by atoms with Gasteiger partial charge in [0, 0.05) is 16.5 Å². The summed E-state index contributed by atoms with van der Waals surface area (Å²) in [4.78, 5) is 16.0. The predicted molar refractivity (Wildman–Crippen MR) is 79.9 cm³/mol. The lowest BCUT2D eigenvalue weighted by atomic mass is 10.1. The van der Waals surface area contributed by atoms with Gasteiger partial charge in [-0.1, -0.05) is 24.3 Å². The SMILES string of the molecule is CCOC(=O)Nc1ccc2cc3ccccc3nc2c1. The molecule has 1 heterocycles. The number of para-hydroxylation sites is 1. The second kappa shape index (κ2) is 5.17. The molecule has 0 aliphatic heterocycles. The summed E-state index contributed by atoms with van der Waals surface area (Å²) in [5.74, 6) is 0. The van der Waals surface area contributed by atoms with Gasteiger partial charge < -0.3 is 4.74 Å². The molecule has 2 aromatic carbocycles. The molecule has 3 rings (SSSR count). The summed E-state index contributed by atoms with van der Waals surface area (Å²) in [5, 5.41) is 4.82. The Morgan fingerprint density at radius 2 is 1.90 bits per heavy atom. The van der Waals surface area contributed by atoms with E-state index in [1.165, 1.54) is 0 Å². The van der Waals surface area contributed by atoms with Gasteiger partial charge in [0.2, 0.25) is 0 Å². The largest absolute Gasteiger partial charge is 0.450 e. The minimum absolute atomic E-state index is 0.350. The molecule has 1 amide bonds. The molecule has 20 heavy (non-hydrogen) atoms. The smallest absolute Gasteiger partial charge is 0.411 e. The fourth-order valence-electron chi connectivity index (χ4n) is 2.13. The first-order chi connectivity index (χ1) is 9.76. The number of fused-ring (bicyclic) bond motifs is 2. The maximum Gasteiger partial charge on any atom is 0.411 e. The summed E-state index contributed by atoms with van der Waals surface area (Å²) < 4.78 is 4.86. The first kappa shape index (κ1) is 12.4. The third kappa shape index (κ3) is 2.40. The first-order valence-electron chi connectivity index (χ1n) is 6.49. The van der Waals surface area contributed by atoms with E-state index in [0.29, 0.717) is 12.3 Å². The van der Waals surface area contributed by atoms with Crippen molar-refractivity contribution in [1.82, 2.24) is 4.98 Å². The number of carbonyl (C=O) groups is 1. The summed E-state index contributed by atoms with van der Waals surface area (Å²) >= 11 is 0. The van der Waals surface area contributed by atoms with Crippen LogP contribution in [0.4, 0.5) is 10.5 Å². The average molecular weight is 266 g/mol. The molecule has 0 saturated heterocycles. The second-order valence-electron chi connectivity index (χ2n) is 4.43. The van der Waals surface area contributed by atoms with E-state index in [2.05, 4.69) is 16.4 Å². The third-order valence-electron chi connectivity index (χ3n) is 3.04. The minimum atomic E-state index is -0.451. The topological polar surface area (TPSA) is 51.2 Å². The molecule has 4 heteroatoms. The number of amides is 1. The molecule has 1 aromatic heterocycles. The molecule has 4 nitrogen and oxygen atoms in total. The Balaban J connectivity index is 2.01. The van der Waals surface area contributed by atoms with Gasteiger partial charge in [-0.05, 0) is 31.2 Å². The Kier molecular flexibility index (Phi) is 3.21. The molecule has 0 bridgehead atoms. The molecule has 0 aliphatic carbocycles. The molecule has 0 saturated carbocycles. The van der Waals surface area contributed by atoms with Crippen molar-refractivity contribution in [3.63, 3.8) is 0 Å². The number of aromatic nitrogens is 1. The van der Waals surface area contributed by atoms with E-state index in [1.54, 1.807) is 6.92 Å². The van der Waals surface area contributed by atoms with Crippen LogP contribution >= 0.6 is 0 Å². The number of hydrogen-bond donors (Lipinski definition) is 1. The van der Waals surface area contributed by atoms with Crippen molar-refractivity contribution >= 4 is 33.6 Å². The Bertz CT molecular complexity index is 784. The van der Waals surface area contributed by atoms with Gasteiger partial charge in [-0.25, -0.2) is 9.78 Å². The van der Waals surface area contributed by atoms with Crippen LogP contribution in [0.5, 0.6) is 0 Å². The van der Waals surface area contributed by atoms with E-state index in [9.17, 15) is 4.79 Å². The van der Waals surface area contributed by atoms with Crippen LogP contribution in [0.1, 0.15) is 6.92 Å². The van der Waals surface area contributed by atoms with E-state index >= 15 is 0 Å². The van der Waals surface area contributed by atoms with Gasteiger partial charge in [-0.3, -0.25) is 5.32 Å². The van der Waals surface area contributed by atoms with Gasteiger partial charge in [0.1, 0.15) is 0 Å². The van der Waals surface area contributed by atoms with Gasteiger partial charge in [-0.2, -0.15) is 0 Å². The highest BCUT2D eigenvalue weighted by Gasteiger charge is 2.04. The van der Waals surface area contributed by atoms with Gasteiger partial charge in [0.25, 0.3) is 0 Å². The highest BCUT2D eigenvalue weighted by molar-refractivity contribution is 5.95. The number of nitrogens with one attached hydrogen (secondary N) is 1. The summed E-state index contributed by atoms with van der Waals surface area (Å²) in [6, 6.07) is 15.7. The highest BCUT2D eigenvalue weighted by atomic mass is 16.5. The lowest BCUT2D eigenvalue weighted by Crippen LogP contribution is -2.13. The van der Waals surface area contributed by atoms with Gasteiger partial charge in [-0.15, -0.1) is 0 Å². The van der Waals surface area contributed by atoms with E-state index < -0.39 is 6.09 Å². The van der Waals surface area contributed by atoms with Crippen molar-refractivity contribution in [3.8, 4) is 0 Å². The third-order valence-corrected chi connectivity index (χ3v) is 3.04. The molecule has 0 aliphatic rings. The second-order valence-corrected chi connectivity index (χ2v) is 4.43. The van der Waals surface area contributed by atoms with Crippen LogP contribution in [-0.4, -0.2) is 17.7 Å². The lowest BCUT2D eigenvalue weighted by Gasteiger charge is -2.07. The Hall–Kier alpha value is -2.62. The van der Waals surface area contributed by atoms with Gasteiger partial charge in [0.15, 0.2) is 0 Å². The minimum Gasteiger partial charge on any atom is -0.450 e. The summed E-state index contributed by atoms with van der Waals surface area (Å²) in [6.45, 7) is 2.12. The van der Waals surface area contributed by atoms with Crippen LogP contribution in [-0.2, 0) is 4.74 Å². The molecule has 0 unspecified atom stereocenters. The molecule has 100 valence electrons. The number of hydrogen-bond acceptors (Lipinski definition) is 3. The van der Waals surface area contributed by atoms with Crippen LogP contribution in [0.3, 0.4) is 0 Å². The molecule has 0 fully saturated rings. The quantitative estimate of drug-likeness (QED) is 0.714. The number of carbonyl (C=O) groups excluding carboxylic acids is 1. The predicted octanol–water partition coefficient (Wildman–Crippen LogP) is 3.96. The molecule has 1 N–H and O–H groups in total. The average Bonchev–Trinajstić information content (AvgIpc) is 2.45. The lowest BCUT2D eigenvalue weighted by molar-refractivity contribution is 0.168. The molecular weight excluding hydrogens is 252 g/mol. The highest BCUT2D eigenvalue weighted by Crippen LogP contribution is 2.22. The van der Waals surface area contributed by atoms with Crippen LogP contribution in [0, 0.1) is 0 Å². The summed E-state index contributed by atoms with van der Waals surface area (Å²) in [6.07, 6.45) is -0.451. The van der Waals surface area contributed by atoms with Crippen LogP contribution in [0.15, 0.2) is 48.5 Å². The zero-order valence-electron chi connectivity index (χ0n) is 11.1. The maximum absolute atomic E-state index is 11.4. The molecule has 0 radical (unpaired) electrons. The number of rotatable bonds is 2. The van der Waals surface area contributed by atoms with Crippen LogP contribution < -0.4 is 5.32 Å². The Labute approximate surface area is 116 Å². The summed E-state index contributed by atoms with van der Waals surface area (Å²) in [5.41, 5.74) is 2.46. The van der Waals surface area contributed by atoms with Crippen molar-refractivity contribution in [2.45, 2.75) is 6.92 Å². The molecule has 3 aromatic rings. The van der Waals surface area contributed by atoms with E-state index in [-0.39, 0.29) is 0 Å². The van der Waals surface area contributed by atoms with Crippen molar-refractivity contribution in [2.75, 3.05) is 11.9 Å². The van der Waals surface area contributed by atoms with Gasteiger partial charge >= 0.3 is 6.09 Å². The molecule has 0 spiro atoms. The standard InChI is InChI=1S/C16H14N2O2/c1-2-20-16(19)17-13-8-7-12-9-11-5-3-4-6-14(11)18-15(12)10-13/h3-10H,2H2,1H3,(H,17,19). The number of nitrogens with zero attached hydrogens (tertiary/aromatic N) is 1. The number of pyridine rings is 1. The number of ether oxygens (including phenoxy) is 1. The van der Waals surface area contributed by atoms with Crippen LogP contribution in [0.2, 0.25) is 0 Å². The Morgan fingerprint density at radius 3 is 2.75 bits per heavy atom. The fraction of sp³-hybridized carbons (Fsp3) is 0.125. The van der Waals surface area contributed by atoms with E-state index in [1.807, 2.05) is 42.5 Å². The van der Waals surface area contributed by atoms with Crippen molar-refractivity contribution in [2.24, 2.45) is 0 Å². The zero-order chi connectivity index (χ0) is 13.9. The Morgan fingerprint density at radius 1 is 1.10 bits per heavy atom. The van der Waals surface area contributed by atoms with E-state index in [0.717, 1.165) is 21.8 Å². The monoisotopic (exact) mass is 266 g/mol. The van der Waals surface area contributed by atoms with Crippen molar-refractivity contribution in [3.05, 3.63) is 48.5 Å². The molecule has 0 atom stereocenters. The van der Waals surface area contributed by atoms with Gasteiger partial charge in [0.05, 0.1) is 17.6 Å². The number of benzene rings is 2. The molecular formula is C16H14N2O2. The summed E-state index contributed by atoms with van der Waals surface area (Å²) in [7, 11) is 0. The van der Waals surface area contributed by atoms with E-state index in [4.69, 9.17) is 4.74 Å². The van der Waals surface area contributed by atoms with Crippen LogP contribution in [0.25, 0.3) is 21.8 Å². The van der Waals surface area contributed by atoms with Crippen molar-refractivity contribution in [1.29, 1.82) is 0 Å². The maximum atomic E-state index is 11.4. The first-order valence-corrected chi connectivity index (χ1v) is 6.49. The fourth-order valence-corrected chi connectivity index (χ4v) is 2.13. The number of anilines is 1. The zero-order valence-corrected chi connectivity index (χ0v) is 11.1. The van der Waals surface area contributed by atoms with Crippen molar-refractivity contribution < 1.29 is 9.53 Å².